The van der Waals surface area contributed by atoms with Crippen LogP contribution >= 0.6 is 0 Å². The van der Waals surface area contributed by atoms with E-state index in [-0.39, 0.29) is 6.54 Å². The Balaban J connectivity index is 3.59. The Bertz CT molecular complexity index is 265. The number of nitrogens with one attached hydrogen (secondary N) is 1. The zero-order valence-corrected chi connectivity index (χ0v) is 11.2. The molecule has 0 saturated heterocycles. The molecule has 1 unspecified atom stereocenters. The van der Waals surface area contributed by atoms with Crippen LogP contribution in [0.1, 0.15) is 27.2 Å². The predicted molar refractivity (Wildman–Crippen MR) is 65.7 cm³/mol. The number of hydrogen-bond acceptors (Lipinski definition) is 4. The second kappa shape index (κ2) is 8.00. The van der Waals surface area contributed by atoms with Crippen molar-refractivity contribution < 1.29 is 13.2 Å². The van der Waals surface area contributed by atoms with Gasteiger partial charge < -0.3 is 10.5 Å². The van der Waals surface area contributed by atoms with Crippen molar-refractivity contribution in [1.29, 1.82) is 0 Å². The first-order valence-corrected chi connectivity index (χ1v) is 7.21. The lowest BCUT2D eigenvalue weighted by molar-refractivity contribution is 0.108. The smallest absolute Gasteiger partial charge is 0.215 e. The molecule has 16 heavy (non-hydrogen) atoms. The molecule has 0 aromatic heterocycles. The van der Waals surface area contributed by atoms with Crippen LogP contribution in [-0.2, 0) is 14.8 Å². The van der Waals surface area contributed by atoms with Gasteiger partial charge in [-0.05, 0) is 19.3 Å². The summed E-state index contributed by atoms with van der Waals surface area (Å²) in [6.07, 6.45) is 0.684. The summed E-state index contributed by atoms with van der Waals surface area (Å²) < 4.78 is 30.8. The molecule has 0 aliphatic heterocycles. The quantitative estimate of drug-likeness (QED) is 0.579. The monoisotopic (exact) mass is 252 g/mol. The maximum atomic E-state index is 11.5. The molecular formula is C10H24N2O3S. The Kier molecular flexibility index (Phi) is 7.91. The second-order valence-corrected chi connectivity index (χ2v) is 6.49. The average Bonchev–Trinajstić information content (AvgIpc) is 2.21. The van der Waals surface area contributed by atoms with E-state index in [4.69, 9.17) is 10.5 Å². The molecule has 0 aliphatic rings. The van der Waals surface area contributed by atoms with Gasteiger partial charge in [0, 0.05) is 26.3 Å². The highest BCUT2D eigenvalue weighted by atomic mass is 32.2. The standard InChI is InChI=1S/C10H24N2O3S/c1-9(2)8-15-6-4-5-12-16(13,14)10(3)7-11/h9-10,12H,4-8,11H2,1-3H3. The molecule has 0 aromatic carbocycles. The fourth-order valence-corrected chi connectivity index (χ4v) is 1.94. The molecule has 0 aliphatic carbocycles. The van der Waals surface area contributed by atoms with Crippen LogP contribution in [0.2, 0.25) is 0 Å². The summed E-state index contributed by atoms with van der Waals surface area (Å²) in [5, 5.41) is -0.538. The van der Waals surface area contributed by atoms with Crippen molar-refractivity contribution in [2.24, 2.45) is 11.7 Å². The van der Waals surface area contributed by atoms with Gasteiger partial charge in [0.05, 0.1) is 5.25 Å². The van der Waals surface area contributed by atoms with Crippen LogP contribution in [-0.4, -0.2) is 40.0 Å². The van der Waals surface area contributed by atoms with Crippen molar-refractivity contribution in [3.05, 3.63) is 0 Å². The maximum absolute atomic E-state index is 11.5. The number of ether oxygens (including phenoxy) is 1. The van der Waals surface area contributed by atoms with Gasteiger partial charge in [0.25, 0.3) is 0 Å². The first kappa shape index (κ1) is 15.8. The third-order valence-corrected chi connectivity index (χ3v) is 3.94. The lowest BCUT2D eigenvalue weighted by Gasteiger charge is -2.12. The normalized spacial score (nSPS) is 14.3. The maximum Gasteiger partial charge on any atom is 0.215 e. The molecular weight excluding hydrogens is 228 g/mol. The molecule has 6 heteroatoms. The van der Waals surface area contributed by atoms with Crippen LogP contribution < -0.4 is 10.5 Å². The zero-order valence-electron chi connectivity index (χ0n) is 10.4. The highest BCUT2D eigenvalue weighted by Crippen LogP contribution is 1.96. The lowest BCUT2D eigenvalue weighted by atomic mass is 10.2. The summed E-state index contributed by atoms with van der Waals surface area (Å²) in [6.45, 7) is 7.59. The van der Waals surface area contributed by atoms with Crippen LogP contribution in [0.15, 0.2) is 0 Å². The van der Waals surface area contributed by atoms with Crippen LogP contribution in [0.4, 0.5) is 0 Å². The number of sulfonamides is 1. The van der Waals surface area contributed by atoms with Crippen molar-refractivity contribution >= 4 is 10.0 Å². The van der Waals surface area contributed by atoms with E-state index in [0.717, 1.165) is 0 Å². The highest BCUT2D eigenvalue weighted by molar-refractivity contribution is 7.90. The van der Waals surface area contributed by atoms with Gasteiger partial charge in [-0.15, -0.1) is 0 Å². The third-order valence-electron chi connectivity index (χ3n) is 2.08. The molecule has 3 N–H and O–H groups in total. The largest absolute Gasteiger partial charge is 0.381 e. The fraction of sp³-hybridized carbons (Fsp3) is 1.00. The molecule has 1 atom stereocenters. The molecule has 0 bridgehead atoms. The number of rotatable bonds is 9. The summed E-state index contributed by atoms with van der Waals surface area (Å²) in [6, 6.07) is 0. The summed E-state index contributed by atoms with van der Waals surface area (Å²) in [5.41, 5.74) is 5.30. The minimum Gasteiger partial charge on any atom is -0.381 e. The lowest BCUT2D eigenvalue weighted by Crippen LogP contribution is -2.37. The van der Waals surface area contributed by atoms with E-state index in [1.807, 2.05) is 0 Å². The van der Waals surface area contributed by atoms with E-state index in [2.05, 4.69) is 18.6 Å². The Hall–Kier alpha value is -0.170. The number of hydrogen-bond donors (Lipinski definition) is 2. The molecule has 0 amide bonds. The van der Waals surface area contributed by atoms with Crippen molar-refractivity contribution in [3.8, 4) is 0 Å². The van der Waals surface area contributed by atoms with Crippen LogP contribution in [0.3, 0.4) is 0 Å². The van der Waals surface area contributed by atoms with Crippen molar-refractivity contribution in [3.63, 3.8) is 0 Å². The average molecular weight is 252 g/mol. The Morgan fingerprint density at radius 3 is 2.44 bits per heavy atom. The molecule has 0 rings (SSSR count). The van der Waals surface area contributed by atoms with Crippen molar-refractivity contribution in [2.45, 2.75) is 32.4 Å². The fourth-order valence-electron chi connectivity index (χ4n) is 0.977. The summed E-state index contributed by atoms with van der Waals surface area (Å²) in [4.78, 5) is 0. The Morgan fingerprint density at radius 2 is 1.94 bits per heavy atom. The third kappa shape index (κ3) is 7.16. The van der Waals surface area contributed by atoms with Gasteiger partial charge in [0.1, 0.15) is 0 Å². The SMILES string of the molecule is CC(C)COCCCNS(=O)(=O)C(C)CN. The van der Waals surface area contributed by atoms with Gasteiger partial charge in [0.15, 0.2) is 0 Å². The molecule has 0 aromatic rings. The molecule has 0 spiro atoms. The minimum absolute atomic E-state index is 0.138. The van der Waals surface area contributed by atoms with E-state index >= 15 is 0 Å². The number of nitrogens with two attached hydrogens (primary N) is 1. The second-order valence-electron chi connectivity index (χ2n) is 4.31. The predicted octanol–water partition coefficient (Wildman–Crippen LogP) is 0.316. The first-order chi connectivity index (χ1) is 7.40. The molecule has 0 radical (unpaired) electrons. The topological polar surface area (TPSA) is 81.4 Å². The van der Waals surface area contributed by atoms with Crippen LogP contribution in [0, 0.1) is 5.92 Å². The zero-order chi connectivity index (χ0) is 12.6. The van der Waals surface area contributed by atoms with Gasteiger partial charge in [-0.1, -0.05) is 13.8 Å². The molecule has 5 nitrogen and oxygen atoms in total. The van der Waals surface area contributed by atoms with Gasteiger partial charge in [-0.25, -0.2) is 13.1 Å². The van der Waals surface area contributed by atoms with Crippen molar-refractivity contribution in [1.82, 2.24) is 4.72 Å². The van der Waals surface area contributed by atoms with E-state index in [0.29, 0.717) is 32.1 Å². The van der Waals surface area contributed by atoms with E-state index in [1.54, 1.807) is 6.92 Å². The summed E-state index contributed by atoms with van der Waals surface area (Å²) in [7, 11) is -3.24. The summed E-state index contributed by atoms with van der Waals surface area (Å²) in [5.74, 6) is 0.508. The Morgan fingerprint density at radius 1 is 1.31 bits per heavy atom. The van der Waals surface area contributed by atoms with Crippen LogP contribution in [0.25, 0.3) is 0 Å². The molecule has 0 fully saturated rings. The molecule has 0 saturated carbocycles. The minimum atomic E-state index is -3.24. The van der Waals surface area contributed by atoms with Gasteiger partial charge in [-0.2, -0.15) is 0 Å². The van der Waals surface area contributed by atoms with Gasteiger partial charge in [-0.3, -0.25) is 0 Å². The molecule has 98 valence electrons. The van der Waals surface area contributed by atoms with E-state index < -0.39 is 15.3 Å². The van der Waals surface area contributed by atoms with Gasteiger partial charge >= 0.3 is 0 Å². The molecule has 0 heterocycles. The Labute approximate surface area is 98.8 Å². The highest BCUT2D eigenvalue weighted by Gasteiger charge is 2.17. The van der Waals surface area contributed by atoms with E-state index in [1.165, 1.54) is 0 Å². The first-order valence-electron chi connectivity index (χ1n) is 5.66. The van der Waals surface area contributed by atoms with Crippen molar-refractivity contribution in [2.75, 3.05) is 26.3 Å². The summed E-state index contributed by atoms with van der Waals surface area (Å²) >= 11 is 0. The van der Waals surface area contributed by atoms with E-state index in [9.17, 15) is 8.42 Å². The van der Waals surface area contributed by atoms with Crippen LogP contribution in [0.5, 0.6) is 0 Å². The van der Waals surface area contributed by atoms with Gasteiger partial charge in [0.2, 0.25) is 10.0 Å².